The molecule has 0 radical (unpaired) electrons. The molecule has 1 aliphatic heterocycles. The third-order valence-corrected chi connectivity index (χ3v) is 6.98. The number of benzene rings is 3. The van der Waals surface area contributed by atoms with Crippen molar-refractivity contribution in [1.29, 1.82) is 0 Å². The first-order valence-electron chi connectivity index (χ1n) is 10.4. The predicted molar refractivity (Wildman–Crippen MR) is 135 cm³/mol. The van der Waals surface area contributed by atoms with E-state index in [-0.39, 0.29) is 6.04 Å². The van der Waals surface area contributed by atoms with Crippen molar-refractivity contribution in [3.63, 3.8) is 0 Å². The summed E-state index contributed by atoms with van der Waals surface area (Å²) in [4.78, 5) is 4.59. The maximum absolute atomic E-state index is 11.2. The fourth-order valence-corrected chi connectivity index (χ4v) is 5.06. The number of hydrogen-bond donors (Lipinski definition) is 1. The van der Waals surface area contributed by atoms with Crippen LogP contribution in [0.1, 0.15) is 24.1 Å². The summed E-state index contributed by atoms with van der Waals surface area (Å²) in [6.07, 6.45) is 0. The second-order valence-corrected chi connectivity index (χ2v) is 10.1. The molecule has 0 aliphatic carbocycles. The molecule has 3 aromatic rings. The highest BCUT2D eigenvalue weighted by molar-refractivity contribution is 6.36. The largest absolute Gasteiger partial charge is 0.384 e. The van der Waals surface area contributed by atoms with Gasteiger partial charge >= 0.3 is 0 Å². The number of halogens is 4. The van der Waals surface area contributed by atoms with Gasteiger partial charge in [-0.1, -0.05) is 70.7 Å². The van der Waals surface area contributed by atoms with Gasteiger partial charge in [-0.15, -0.1) is 0 Å². The Labute approximate surface area is 209 Å². The van der Waals surface area contributed by atoms with Crippen LogP contribution in [0.3, 0.4) is 0 Å². The molecule has 1 saturated heterocycles. The number of nitrogens with zero attached hydrogens (tertiary/aromatic N) is 2. The predicted octanol–water partition coefficient (Wildman–Crippen LogP) is 7.07. The van der Waals surface area contributed by atoms with Gasteiger partial charge < -0.3 is 10.0 Å². The molecule has 32 heavy (non-hydrogen) atoms. The van der Waals surface area contributed by atoms with Crippen LogP contribution in [-0.4, -0.2) is 36.2 Å². The smallest absolute Gasteiger partial charge is 0.0994 e. The van der Waals surface area contributed by atoms with Gasteiger partial charge in [0.25, 0.3) is 0 Å². The molecule has 1 N–H and O–H groups in total. The van der Waals surface area contributed by atoms with Gasteiger partial charge in [-0.2, -0.15) is 0 Å². The summed E-state index contributed by atoms with van der Waals surface area (Å²) in [5.41, 5.74) is 1.92. The second kappa shape index (κ2) is 9.80. The third-order valence-electron chi connectivity index (χ3n) is 5.94. The Kier molecular flexibility index (Phi) is 7.26. The molecule has 3 aromatic carbocycles. The minimum absolute atomic E-state index is 0.0423. The normalized spacial score (nSPS) is 19.1. The number of hydrogen-bond acceptors (Lipinski definition) is 3. The molecule has 1 heterocycles. The lowest BCUT2D eigenvalue weighted by molar-refractivity contribution is 0.0103. The average Bonchev–Trinajstić information content (AvgIpc) is 2.75. The number of piperazine rings is 1. The molecular formula is C25H24Cl4N2O. The first-order valence-corrected chi connectivity index (χ1v) is 11.9. The molecule has 4 rings (SSSR count). The molecule has 3 nitrogen and oxygen atoms in total. The topological polar surface area (TPSA) is 26.7 Å². The van der Waals surface area contributed by atoms with Crippen molar-refractivity contribution in [3.05, 3.63) is 97.9 Å². The van der Waals surface area contributed by atoms with Gasteiger partial charge in [-0.3, -0.25) is 4.90 Å². The molecule has 0 amide bonds. The van der Waals surface area contributed by atoms with Gasteiger partial charge in [0.05, 0.1) is 22.4 Å². The van der Waals surface area contributed by atoms with Gasteiger partial charge in [0.2, 0.25) is 0 Å². The molecule has 0 unspecified atom stereocenters. The monoisotopic (exact) mass is 508 g/mol. The summed E-state index contributed by atoms with van der Waals surface area (Å²) in [6, 6.07) is 20.9. The fraction of sp³-hybridized carbons (Fsp3) is 0.280. The van der Waals surface area contributed by atoms with Crippen LogP contribution in [0.4, 0.5) is 5.69 Å². The van der Waals surface area contributed by atoms with E-state index in [1.807, 2.05) is 67.6 Å². The Morgan fingerprint density at radius 3 is 2.06 bits per heavy atom. The lowest BCUT2D eigenvalue weighted by Crippen LogP contribution is -2.52. The van der Waals surface area contributed by atoms with E-state index in [9.17, 15) is 5.11 Å². The zero-order valence-corrected chi connectivity index (χ0v) is 20.6. The standard InChI is InChI=1S/C25H24Cl4N2O/c1-25(32,18-4-8-20(27)9-5-18)16-30-12-13-31(23-11-10-21(28)14-22(23)29)24(15-30)17-2-6-19(26)7-3-17/h2-11,14,24,32H,12-13,15-16H2,1H3/t24-,25+/m0/s1. The minimum atomic E-state index is -1.00. The second-order valence-electron chi connectivity index (χ2n) is 8.37. The molecule has 0 aromatic heterocycles. The van der Waals surface area contributed by atoms with Gasteiger partial charge in [0, 0.05) is 41.2 Å². The van der Waals surface area contributed by atoms with Gasteiger partial charge in [0.15, 0.2) is 0 Å². The third kappa shape index (κ3) is 5.36. The Balaban J connectivity index is 1.61. The van der Waals surface area contributed by atoms with Crippen molar-refractivity contribution >= 4 is 52.1 Å². The molecule has 168 valence electrons. The first kappa shape index (κ1) is 23.7. The number of rotatable bonds is 5. The van der Waals surface area contributed by atoms with Gasteiger partial charge in [-0.25, -0.2) is 0 Å². The van der Waals surface area contributed by atoms with Gasteiger partial charge in [0.1, 0.15) is 0 Å². The van der Waals surface area contributed by atoms with Crippen LogP contribution in [-0.2, 0) is 5.60 Å². The Morgan fingerprint density at radius 2 is 1.44 bits per heavy atom. The molecule has 2 atom stereocenters. The van der Waals surface area contributed by atoms with Crippen LogP contribution in [0, 0.1) is 0 Å². The summed E-state index contributed by atoms with van der Waals surface area (Å²) in [5, 5.41) is 13.8. The lowest BCUT2D eigenvalue weighted by Gasteiger charge is -2.45. The van der Waals surface area contributed by atoms with E-state index in [4.69, 9.17) is 46.4 Å². The van der Waals surface area contributed by atoms with Crippen molar-refractivity contribution in [2.24, 2.45) is 0 Å². The van der Waals surface area contributed by atoms with Crippen LogP contribution in [0.5, 0.6) is 0 Å². The Bertz CT molecular complexity index is 1070. The van der Waals surface area contributed by atoms with Gasteiger partial charge in [-0.05, 0) is 60.5 Å². The maximum atomic E-state index is 11.2. The summed E-state index contributed by atoms with van der Waals surface area (Å²) < 4.78 is 0. The van der Waals surface area contributed by atoms with E-state index in [0.29, 0.717) is 26.6 Å². The van der Waals surface area contributed by atoms with E-state index < -0.39 is 5.60 Å². The average molecular weight is 510 g/mol. The molecule has 0 saturated carbocycles. The van der Waals surface area contributed by atoms with Crippen molar-refractivity contribution in [1.82, 2.24) is 4.90 Å². The molecule has 0 spiro atoms. The number of aliphatic hydroxyl groups is 1. The van der Waals surface area contributed by atoms with E-state index in [0.717, 1.165) is 36.4 Å². The van der Waals surface area contributed by atoms with Crippen molar-refractivity contribution in [3.8, 4) is 0 Å². The van der Waals surface area contributed by atoms with E-state index in [1.54, 1.807) is 6.07 Å². The minimum Gasteiger partial charge on any atom is -0.384 e. The van der Waals surface area contributed by atoms with Crippen LogP contribution >= 0.6 is 46.4 Å². The molecule has 0 bridgehead atoms. The Morgan fingerprint density at radius 1 is 0.844 bits per heavy atom. The van der Waals surface area contributed by atoms with E-state index in [1.165, 1.54) is 0 Å². The zero-order valence-electron chi connectivity index (χ0n) is 17.6. The molecular weight excluding hydrogens is 486 g/mol. The first-order chi connectivity index (χ1) is 15.2. The van der Waals surface area contributed by atoms with E-state index in [2.05, 4.69) is 9.80 Å². The highest BCUT2D eigenvalue weighted by Crippen LogP contribution is 2.37. The summed E-state index contributed by atoms with van der Waals surface area (Å²) in [6.45, 7) is 4.61. The van der Waals surface area contributed by atoms with Crippen LogP contribution in [0.2, 0.25) is 20.1 Å². The summed E-state index contributed by atoms with van der Waals surface area (Å²) in [7, 11) is 0. The fourth-order valence-electron chi connectivity index (χ4n) is 4.29. The molecule has 1 fully saturated rings. The zero-order chi connectivity index (χ0) is 22.9. The number of β-amino-alcohol motifs (C(OH)–C–C–N with tert-alkyl or cyclic N) is 1. The van der Waals surface area contributed by atoms with Crippen LogP contribution < -0.4 is 4.90 Å². The molecule has 1 aliphatic rings. The summed E-state index contributed by atoms with van der Waals surface area (Å²) in [5.74, 6) is 0. The lowest BCUT2D eigenvalue weighted by atomic mass is 9.94. The maximum Gasteiger partial charge on any atom is 0.0994 e. The molecule has 7 heteroatoms. The SMILES string of the molecule is C[C@@](O)(CN1CCN(c2ccc(Cl)cc2Cl)[C@H](c2ccc(Cl)cc2)C1)c1ccc(Cl)cc1. The van der Waals surface area contributed by atoms with Crippen LogP contribution in [0.25, 0.3) is 0 Å². The van der Waals surface area contributed by atoms with Crippen molar-refractivity contribution in [2.75, 3.05) is 31.1 Å². The summed E-state index contributed by atoms with van der Waals surface area (Å²) >= 11 is 24.9. The highest BCUT2D eigenvalue weighted by atomic mass is 35.5. The van der Waals surface area contributed by atoms with Crippen LogP contribution in [0.15, 0.2) is 66.7 Å². The van der Waals surface area contributed by atoms with E-state index >= 15 is 0 Å². The van der Waals surface area contributed by atoms with Crippen molar-refractivity contribution < 1.29 is 5.11 Å². The highest BCUT2D eigenvalue weighted by Gasteiger charge is 2.34. The van der Waals surface area contributed by atoms with Crippen molar-refractivity contribution in [2.45, 2.75) is 18.6 Å². The number of anilines is 1. The quantitative estimate of drug-likeness (QED) is 0.398. The Hall–Kier alpha value is -1.46.